The van der Waals surface area contributed by atoms with E-state index in [1.54, 1.807) is 0 Å². The van der Waals surface area contributed by atoms with Crippen LogP contribution < -0.4 is 5.32 Å². The predicted molar refractivity (Wildman–Crippen MR) is 84.2 cm³/mol. The van der Waals surface area contributed by atoms with Crippen LogP contribution in [0.2, 0.25) is 0 Å². The van der Waals surface area contributed by atoms with Gasteiger partial charge >= 0.3 is 0 Å². The van der Waals surface area contributed by atoms with Crippen molar-refractivity contribution in [3.05, 3.63) is 24.3 Å². The molecule has 0 saturated heterocycles. The van der Waals surface area contributed by atoms with E-state index in [0.29, 0.717) is 11.3 Å². The Bertz CT molecular complexity index is 521. The van der Waals surface area contributed by atoms with Crippen LogP contribution in [0.5, 0.6) is 0 Å². The summed E-state index contributed by atoms with van der Waals surface area (Å²) in [6.45, 7) is 3.35. The van der Waals surface area contributed by atoms with Crippen molar-refractivity contribution in [3.63, 3.8) is 0 Å². The number of para-hydroxylation sites is 2. The zero-order valence-electron chi connectivity index (χ0n) is 12.0. The van der Waals surface area contributed by atoms with Gasteiger partial charge in [0.15, 0.2) is 5.58 Å². The lowest BCUT2D eigenvalue weighted by atomic mass is 9.95. The maximum Gasteiger partial charge on any atom is 0.257 e. The number of thioether (sulfide) groups is 1. The van der Waals surface area contributed by atoms with Crippen LogP contribution in [0, 0.1) is 0 Å². The maximum absolute atomic E-state index is 5.82. The van der Waals surface area contributed by atoms with Gasteiger partial charge in [0, 0.05) is 11.3 Å². The first-order valence-corrected chi connectivity index (χ1v) is 8.48. The average molecular weight is 290 g/mol. The number of nitrogens with one attached hydrogen (secondary N) is 1. The number of benzene rings is 1. The highest BCUT2D eigenvalue weighted by Crippen LogP contribution is 2.34. The Hall–Kier alpha value is -1.00. The van der Waals surface area contributed by atoms with Gasteiger partial charge in [-0.15, -0.1) is 0 Å². The largest absolute Gasteiger partial charge is 0.431 e. The second-order valence-corrected chi connectivity index (χ2v) is 6.76. The molecule has 2 atom stereocenters. The van der Waals surface area contributed by atoms with Crippen molar-refractivity contribution in [2.45, 2.75) is 55.5 Å². The van der Waals surface area contributed by atoms with E-state index in [-0.39, 0.29) is 0 Å². The standard InChI is InChI=1S/C16H22N2OS/c1-2-10-17-12-6-5-7-13(11-12)20-16-18-14-8-3-4-9-15(14)19-16/h3-4,8-9,12-13,17H,2,5-7,10-11H2,1H3. The van der Waals surface area contributed by atoms with Crippen LogP contribution in [0.25, 0.3) is 11.1 Å². The maximum atomic E-state index is 5.82. The van der Waals surface area contributed by atoms with Crippen LogP contribution in [-0.2, 0) is 0 Å². The quantitative estimate of drug-likeness (QED) is 0.894. The molecular formula is C16H22N2OS. The highest BCUT2D eigenvalue weighted by Gasteiger charge is 2.23. The van der Waals surface area contributed by atoms with Crippen molar-refractivity contribution >= 4 is 22.9 Å². The molecule has 3 nitrogen and oxygen atoms in total. The Balaban J connectivity index is 1.61. The number of nitrogens with zero attached hydrogens (tertiary/aromatic N) is 1. The molecule has 0 aliphatic heterocycles. The zero-order valence-corrected chi connectivity index (χ0v) is 12.8. The molecule has 1 saturated carbocycles. The number of hydrogen-bond donors (Lipinski definition) is 1. The second-order valence-electron chi connectivity index (χ2n) is 5.51. The molecule has 2 aromatic rings. The molecule has 1 aliphatic rings. The number of fused-ring (bicyclic) bond motifs is 1. The molecule has 1 aliphatic carbocycles. The monoisotopic (exact) mass is 290 g/mol. The van der Waals surface area contributed by atoms with E-state index in [4.69, 9.17) is 4.42 Å². The fraction of sp³-hybridized carbons (Fsp3) is 0.562. The molecule has 4 heteroatoms. The van der Waals surface area contributed by atoms with Gasteiger partial charge in [0.1, 0.15) is 5.52 Å². The minimum absolute atomic E-state index is 0.631. The molecule has 0 spiro atoms. The molecule has 108 valence electrons. The molecule has 1 aromatic heterocycles. The number of aromatic nitrogens is 1. The number of hydrogen-bond acceptors (Lipinski definition) is 4. The summed E-state index contributed by atoms with van der Waals surface area (Å²) in [5, 5.41) is 5.11. The van der Waals surface area contributed by atoms with Gasteiger partial charge in [-0.05, 0) is 44.4 Å². The fourth-order valence-electron chi connectivity index (χ4n) is 2.83. The molecular weight excluding hydrogens is 268 g/mol. The number of rotatable bonds is 5. The molecule has 3 rings (SSSR count). The van der Waals surface area contributed by atoms with Crippen LogP contribution in [0.4, 0.5) is 0 Å². The van der Waals surface area contributed by atoms with Crippen molar-refractivity contribution in [1.29, 1.82) is 0 Å². The Labute approximate surface area is 124 Å². The second kappa shape index (κ2) is 6.64. The van der Waals surface area contributed by atoms with Crippen molar-refractivity contribution in [2.24, 2.45) is 0 Å². The Morgan fingerprint density at radius 3 is 3.10 bits per heavy atom. The summed E-state index contributed by atoms with van der Waals surface area (Å²) in [5.74, 6) is 0. The van der Waals surface area contributed by atoms with Crippen molar-refractivity contribution in [2.75, 3.05) is 6.54 Å². The summed E-state index contributed by atoms with van der Waals surface area (Å²) in [5.41, 5.74) is 1.86. The molecule has 2 unspecified atom stereocenters. The highest BCUT2D eigenvalue weighted by atomic mass is 32.2. The Morgan fingerprint density at radius 2 is 2.25 bits per heavy atom. The smallest absolute Gasteiger partial charge is 0.257 e. The topological polar surface area (TPSA) is 38.1 Å². The lowest BCUT2D eigenvalue weighted by Crippen LogP contribution is -2.35. The van der Waals surface area contributed by atoms with Crippen LogP contribution in [0.1, 0.15) is 39.0 Å². The molecule has 1 N–H and O–H groups in total. The summed E-state index contributed by atoms with van der Waals surface area (Å²) < 4.78 is 5.82. The summed E-state index contributed by atoms with van der Waals surface area (Å²) in [7, 11) is 0. The molecule has 1 heterocycles. The zero-order chi connectivity index (χ0) is 13.8. The van der Waals surface area contributed by atoms with Gasteiger partial charge in [-0.3, -0.25) is 0 Å². The van der Waals surface area contributed by atoms with Crippen molar-refractivity contribution in [1.82, 2.24) is 10.3 Å². The summed E-state index contributed by atoms with van der Waals surface area (Å²) >= 11 is 1.81. The lowest BCUT2D eigenvalue weighted by molar-refractivity contribution is 0.379. The Morgan fingerprint density at radius 1 is 1.35 bits per heavy atom. The first kappa shape index (κ1) is 14.0. The lowest BCUT2D eigenvalue weighted by Gasteiger charge is -2.28. The molecule has 20 heavy (non-hydrogen) atoms. The van der Waals surface area contributed by atoms with Crippen LogP contribution in [-0.4, -0.2) is 22.8 Å². The third-order valence-electron chi connectivity index (χ3n) is 3.85. The van der Waals surface area contributed by atoms with Gasteiger partial charge in [0.05, 0.1) is 0 Å². The van der Waals surface area contributed by atoms with E-state index in [0.717, 1.165) is 22.9 Å². The molecule has 0 radical (unpaired) electrons. The van der Waals surface area contributed by atoms with Gasteiger partial charge in [-0.1, -0.05) is 37.2 Å². The van der Waals surface area contributed by atoms with Crippen LogP contribution in [0.3, 0.4) is 0 Å². The minimum Gasteiger partial charge on any atom is -0.431 e. The van der Waals surface area contributed by atoms with Gasteiger partial charge < -0.3 is 9.73 Å². The SMILES string of the molecule is CCCNC1CCCC(Sc2nc3ccccc3o2)C1. The van der Waals surface area contributed by atoms with E-state index < -0.39 is 0 Å². The summed E-state index contributed by atoms with van der Waals surface area (Å²) in [6, 6.07) is 8.66. The molecule has 1 fully saturated rings. The average Bonchev–Trinajstić information content (AvgIpc) is 2.87. The number of oxazole rings is 1. The van der Waals surface area contributed by atoms with Crippen molar-refractivity contribution < 1.29 is 4.42 Å². The third-order valence-corrected chi connectivity index (χ3v) is 4.99. The molecule has 0 amide bonds. The fourth-order valence-corrected chi connectivity index (χ4v) is 4.02. The first-order chi connectivity index (χ1) is 9.85. The Kier molecular flexibility index (Phi) is 4.63. The van der Waals surface area contributed by atoms with Crippen LogP contribution in [0.15, 0.2) is 33.9 Å². The van der Waals surface area contributed by atoms with Gasteiger partial charge in [0.25, 0.3) is 5.22 Å². The molecule has 0 bridgehead atoms. The van der Waals surface area contributed by atoms with E-state index in [2.05, 4.69) is 17.2 Å². The van der Waals surface area contributed by atoms with E-state index >= 15 is 0 Å². The van der Waals surface area contributed by atoms with E-state index in [9.17, 15) is 0 Å². The van der Waals surface area contributed by atoms with Gasteiger partial charge in [0.2, 0.25) is 0 Å². The summed E-state index contributed by atoms with van der Waals surface area (Å²) in [4.78, 5) is 4.57. The minimum atomic E-state index is 0.631. The van der Waals surface area contributed by atoms with Gasteiger partial charge in [-0.25, -0.2) is 4.98 Å². The van der Waals surface area contributed by atoms with Gasteiger partial charge in [-0.2, -0.15) is 0 Å². The highest BCUT2D eigenvalue weighted by molar-refractivity contribution is 7.99. The normalized spacial score (nSPS) is 23.2. The first-order valence-electron chi connectivity index (χ1n) is 7.60. The van der Waals surface area contributed by atoms with Crippen molar-refractivity contribution in [3.8, 4) is 0 Å². The van der Waals surface area contributed by atoms with E-state index in [1.165, 1.54) is 32.1 Å². The van der Waals surface area contributed by atoms with E-state index in [1.807, 2.05) is 36.0 Å². The summed E-state index contributed by atoms with van der Waals surface area (Å²) in [6.07, 6.45) is 6.32. The molecule has 1 aromatic carbocycles. The van der Waals surface area contributed by atoms with Crippen LogP contribution >= 0.6 is 11.8 Å². The predicted octanol–water partition coefficient (Wildman–Crippen LogP) is 4.23. The third kappa shape index (κ3) is 3.36.